The largest absolute Gasteiger partial charge is 0.757 e. The van der Waals surface area contributed by atoms with Gasteiger partial charge in [0.1, 0.15) is 0 Å². The summed E-state index contributed by atoms with van der Waals surface area (Å²) in [5.41, 5.74) is 1.18. The predicted molar refractivity (Wildman–Crippen MR) is 45.1 cm³/mol. The summed E-state index contributed by atoms with van der Waals surface area (Å²) >= 11 is 0. The molecule has 0 aliphatic heterocycles. The molecule has 3 nitrogen and oxygen atoms in total. The fourth-order valence-corrected chi connectivity index (χ4v) is 0.791. The van der Waals surface area contributed by atoms with E-state index in [0.717, 1.165) is 5.56 Å². The van der Waals surface area contributed by atoms with Crippen LogP contribution in [-0.4, -0.2) is 5.87 Å². The molecular formula is C9H7N3. The van der Waals surface area contributed by atoms with Crippen molar-refractivity contribution in [3.8, 4) is 6.07 Å². The second kappa shape index (κ2) is 3.47. The van der Waals surface area contributed by atoms with Gasteiger partial charge in [0, 0.05) is 12.1 Å². The molecule has 0 N–H and O–H groups in total. The van der Waals surface area contributed by atoms with Crippen molar-refractivity contribution >= 4 is 11.6 Å². The first-order valence-corrected chi connectivity index (χ1v) is 3.43. The van der Waals surface area contributed by atoms with Crippen molar-refractivity contribution in [3.63, 3.8) is 0 Å². The maximum Gasteiger partial charge on any atom is 0.309 e. The lowest BCUT2D eigenvalue weighted by molar-refractivity contribution is -0.576. The zero-order valence-corrected chi connectivity index (χ0v) is 6.65. The summed E-state index contributed by atoms with van der Waals surface area (Å²) in [5.74, 6) is 1.81. The molecule has 0 bridgehead atoms. The highest BCUT2D eigenvalue weighted by Crippen LogP contribution is 1.92. The van der Waals surface area contributed by atoms with E-state index >= 15 is 0 Å². The van der Waals surface area contributed by atoms with Gasteiger partial charge in [0.2, 0.25) is 0 Å². The molecule has 0 saturated heterocycles. The normalized spacial score (nSPS) is 8.33. The fraction of sp³-hybridized carbons (Fsp3) is 0.111. The van der Waals surface area contributed by atoms with Gasteiger partial charge in [0.05, 0.1) is 0 Å². The molecule has 0 spiro atoms. The monoisotopic (exact) mass is 157 g/mol. The quantitative estimate of drug-likeness (QED) is 0.339. The third-order valence-corrected chi connectivity index (χ3v) is 1.47. The van der Waals surface area contributed by atoms with Crippen molar-refractivity contribution in [2.75, 3.05) is 0 Å². The molecule has 3 heteroatoms. The molecule has 1 aromatic rings. The van der Waals surface area contributed by atoms with Crippen molar-refractivity contribution in [2.24, 2.45) is 0 Å². The summed E-state index contributed by atoms with van der Waals surface area (Å²) < 4.78 is 1.49. The van der Waals surface area contributed by atoms with E-state index in [-0.39, 0.29) is 5.70 Å². The average Bonchev–Trinajstić information content (AvgIpc) is 2.10. The molecule has 0 fully saturated rings. The van der Waals surface area contributed by atoms with Crippen LogP contribution in [0.15, 0.2) is 24.5 Å². The molecule has 1 aromatic heterocycles. The number of rotatable bonds is 1. The van der Waals surface area contributed by atoms with Gasteiger partial charge in [-0.05, 0) is 12.5 Å². The number of aryl methyl sites for hydroxylation is 1. The summed E-state index contributed by atoms with van der Waals surface area (Å²) in [6.45, 7) is 1.95. The number of allylic oxidation sites excluding steroid dienone is 1. The lowest BCUT2D eigenvalue weighted by Gasteiger charge is -1.91. The Morgan fingerprint density at radius 3 is 2.50 bits per heavy atom. The standard InChI is InChI=1S/C9H7N3/c1-8-2-4-12(5-3-8)9(6-10)7-11/h2-5H,1H3. The van der Waals surface area contributed by atoms with Crippen molar-refractivity contribution in [2.45, 2.75) is 6.92 Å². The number of nitriles is 1. The van der Waals surface area contributed by atoms with Crippen molar-refractivity contribution < 1.29 is 4.57 Å². The van der Waals surface area contributed by atoms with Gasteiger partial charge in [-0.15, -0.1) is 0 Å². The van der Waals surface area contributed by atoms with Crippen LogP contribution in [0.3, 0.4) is 0 Å². The molecule has 0 aliphatic rings. The van der Waals surface area contributed by atoms with E-state index in [2.05, 4.69) is 0 Å². The molecule has 0 aromatic carbocycles. The van der Waals surface area contributed by atoms with Crippen LogP contribution in [0.4, 0.5) is 0 Å². The zero-order chi connectivity index (χ0) is 8.97. The molecule has 0 radical (unpaired) electrons. The van der Waals surface area contributed by atoms with Gasteiger partial charge in [-0.1, -0.05) is 0 Å². The van der Waals surface area contributed by atoms with Crippen molar-refractivity contribution in [1.29, 1.82) is 5.26 Å². The molecule has 58 valence electrons. The SMILES string of the molecule is Cc1cc[n+](C(=C=[N-])C#N)cc1. The van der Waals surface area contributed by atoms with Gasteiger partial charge >= 0.3 is 5.70 Å². The van der Waals surface area contributed by atoms with Gasteiger partial charge in [0.25, 0.3) is 0 Å². The van der Waals surface area contributed by atoms with Crippen LogP contribution in [0.1, 0.15) is 5.56 Å². The third-order valence-electron chi connectivity index (χ3n) is 1.47. The number of aromatic nitrogens is 1. The Balaban J connectivity index is 3.15. The highest BCUT2D eigenvalue weighted by atomic mass is 14.9. The van der Waals surface area contributed by atoms with E-state index in [0.29, 0.717) is 0 Å². The topological polar surface area (TPSA) is 50.0 Å². The third kappa shape index (κ3) is 1.57. The Morgan fingerprint density at radius 1 is 1.50 bits per heavy atom. The van der Waals surface area contributed by atoms with E-state index in [4.69, 9.17) is 10.7 Å². The van der Waals surface area contributed by atoms with E-state index in [1.165, 1.54) is 4.57 Å². The van der Waals surface area contributed by atoms with Crippen molar-refractivity contribution in [3.05, 3.63) is 35.5 Å². The van der Waals surface area contributed by atoms with Crippen LogP contribution in [0.2, 0.25) is 0 Å². The lowest BCUT2D eigenvalue weighted by Crippen LogP contribution is -2.30. The Bertz CT molecular complexity index is 364. The average molecular weight is 157 g/mol. The maximum atomic E-state index is 8.52. The summed E-state index contributed by atoms with van der Waals surface area (Å²) in [7, 11) is 0. The highest BCUT2D eigenvalue weighted by Gasteiger charge is 2.03. The van der Waals surface area contributed by atoms with Crippen LogP contribution >= 0.6 is 0 Å². The summed E-state index contributed by atoms with van der Waals surface area (Å²) in [6, 6.07) is 5.49. The van der Waals surface area contributed by atoms with Crippen LogP contribution in [0, 0.1) is 18.3 Å². The van der Waals surface area contributed by atoms with Crippen LogP contribution in [-0.2, 0) is 0 Å². The molecule has 12 heavy (non-hydrogen) atoms. The van der Waals surface area contributed by atoms with E-state index < -0.39 is 0 Å². The molecular weight excluding hydrogens is 150 g/mol. The van der Waals surface area contributed by atoms with E-state index in [1.807, 2.05) is 19.1 Å². The summed E-state index contributed by atoms with van der Waals surface area (Å²) in [6.07, 6.45) is 3.38. The number of hydrogen-bond acceptors (Lipinski definition) is 1. The minimum Gasteiger partial charge on any atom is -0.757 e. The molecule has 1 heterocycles. The summed E-state index contributed by atoms with van der Waals surface area (Å²) in [4.78, 5) is 0. The fourth-order valence-electron chi connectivity index (χ4n) is 0.791. The Labute approximate surface area is 70.7 Å². The minimum absolute atomic E-state index is 0.0787. The van der Waals surface area contributed by atoms with Crippen LogP contribution in [0.25, 0.3) is 11.1 Å². The first-order chi connectivity index (χ1) is 5.77. The number of pyridine rings is 1. The second-order valence-electron chi connectivity index (χ2n) is 2.35. The Hall–Kier alpha value is -1.91. The van der Waals surface area contributed by atoms with Gasteiger partial charge < -0.3 is 5.41 Å². The van der Waals surface area contributed by atoms with Crippen molar-refractivity contribution in [1.82, 2.24) is 0 Å². The molecule has 0 aliphatic carbocycles. The van der Waals surface area contributed by atoms with Crippen LogP contribution < -0.4 is 4.57 Å². The van der Waals surface area contributed by atoms with Gasteiger partial charge in [-0.25, -0.2) is 0 Å². The Kier molecular flexibility index (Phi) is 2.37. The minimum atomic E-state index is 0.0787. The molecule has 0 unspecified atom stereocenters. The lowest BCUT2D eigenvalue weighted by atomic mass is 10.3. The van der Waals surface area contributed by atoms with E-state index in [9.17, 15) is 0 Å². The second-order valence-corrected chi connectivity index (χ2v) is 2.35. The zero-order valence-electron chi connectivity index (χ0n) is 6.65. The predicted octanol–water partition coefficient (Wildman–Crippen LogP) is 0.886. The maximum absolute atomic E-state index is 8.52. The van der Waals surface area contributed by atoms with E-state index in [1.54, 1.807) is 24.3 Å². The number of nitrogens with zero attached hydrogens (tertiary/aromatic N) is 3. The highest BCUT2D eigenvalue weighted by molar-refractivity contribution is 5.84. The first-order valence-electron chi connectivity index (χ1n) is 3.43. The summed E-state index contributed by atoms with van der Waals surface area (Å²) in [5, 5.41) is 17.0. The number of hydrogen-bond donors (Lipinski definition) is 0. The molecule has 0 amide bonds. The first kappa shape index (κ1) is 8.19. The molecule has 0 atom stereocenters. The Morgan fingerprint density at radius 2 is 2.08 bits per heavy atom. The van der Waals surface area contributed by atoms with Gasteiger partial charge in [0.15, 0.2) is 18.5 Å². The molecule has 0 saturated carbocycles. The smallest absolute Gasteiger partial charge is 0.309 e. The van der Waals surface area contributed by atoms with Crippen LogP contribution in [0.5, 0.6) is 0 Å². The van der Waals surface area contributed by atoms with Gasteiger partial charge in [-0.3, -0.25) is 0 Å². The van der Waals surface area contributed by atoms with Gasteiger partial charge in [-0.2, -0.15) is 15.7 Å². The molecule has 1 rings (SSSR count).